The van der Waals surface area contributed by atoms with Gasteiger partial charge < -0.3 is 10.0 Å². The van der Waals surface area contributed by atoms with Gasteiger partial charge in [-0.3, -0.25) is 0 Å². The summed E-state index contributed by atoms with van der Waals surface area (Å²) in [5, 5.41) is 10.7. The lowest BCUT2D eigenvalue weighted by Gasteiger charge is -2.28. The lowest BCUT2D eigenvalue weighted by atomic mass is 9.78. The van der Waals surface area contributed by atoms with Crippen molar-refractivity contribution in [3.05, 3.63) is 28.8 Å². The molecule has 1 aromatic carbocycles. The second kappa shape index (κ2) is 6.39. The molecule has 0 amide bonds. The molecule has 0 fully saturated rings. The normalized spacial score (nSPS) is 13.0. The van der Waals surface area contributed by atoms with Gasteiger partial charge in [0.2, 0.25) is 0 Å². The van der Waals surface area contributed by atoms with E-state index in [4.69, 9.17) is 0 Å². The van der Waals surface area contributed by atoms with E-state index in [1.165, 1.54) is 5.56 Å². The van der Waals surface area contributed by atoms with Crippen molar-refractivity contribution >= 4 is 0 Å². The van der Waals surface area contributed by atoms with Gasteiger partial charge in [0, 0.05) is 0 Å². The lowest BCUT2D eigenvalue weighted by Crippen LogP contribution is -2.18. The monoisotopic (exact) mass is 291 g/mol. The van der Waals surface area contributed by atoms with E-state index < -0.39 is 0 Å². The first kappa shape index (κ1) is 18.0. The largest absolute Gasteiger partial charge is 0.507 e. The minimum absolute atomic E-state index is 0.0400. The van der Waals surface area contributed by atoms with Crippen molar-refractivity contribution in [2.24, 2.45) is 0 Å². The van der Waals surface area contributed by atoms with E-state index in [1.54, 1.807) is 0 Å². The second-order valence-corrected chi connectivity index (χ2v) is 8.45. The van der Waals surface area contributed by atoms with Crippen LogP contribution in [0.4, 0.5) is 0 Å². The summed E-state index contributed by atoms with van der Waals surface area (Å²) in [6.45, 7) is 14.1. The summed E-state index contributed by atoms with van der Waals surface area (Å²) in [6, 6.07) is 4.39. The smallest absolute Gasteiger partial charge is 0.123 e. The highest BCUT2D eigenvalue weighted by atomic mass is 16.3. The highest BCUT2D eigenvalue weighted by Crippen LogP contribution is 2.39. The molecule has 0 aliphatic rings. The van der Waals surface area contributed by atoms with Crippen LogP contribution in [-0.4, -0.2) is 30.6 Å². The highest BCUT2D eigenvalue weighted by molar-refractivity contribution is 5.49. The summed E-state index contributed by atoms with van der Waals surface area (Å²) in [5.41, 5.74) is 3.39. The zero-order valence-electron chi connectivity index (χ0n) is 15.2. The number of phenols is 1. The van der Waals surface area contributed by atoms with Crippen LogP contribution in [0.25, 0.3) is 0 Å². The molecule has 0 unspecified atom stereocenters. The standard InChI is InChI=1S/C19H33NO/c1-18(2,3)15-12-14(10-9-11-20(7)8)13-16(17(15)21)19(4,5)6/h12-13,21H,9-11H2,1-8H3. The zero-order chi connectivity index (χ0) is 16.4. The predicted octanol–water partition coefficient (Wildman–Crippen LogP) is 4.48. The number of hydrogen-bond acceptors (Lipinski definition) is 2. The topological polar surface area (TPSA) is 23.5 Å². The molecule has 0 radical (unpaired) electrons. The summed E-state index contributed by atoms with van der Waals surface area (Å²) < 4.78 is 0. The van der Waals surface area contributed by atoms with E-state index >= 15 is 0 Å². The Morgan fingerprint density at radius 2 is 1.33 bits per heavy atom. The Labute approximate surface area is 131 Å². The van der Waals surface area contributed by atoms with E-state index in [1.807, 2.05) is 0 Å². The highest BCUT2D eigenvalue weighted by Gasteiger charge is 2.26. The molecule has 0 saturated heterocycles. The van der Waals surface area contributed by atoms with Gasteiger partial charge in [-0.1, -0.05) is 53.7 Å². The number of phenolic OH excluding ortho intramolecular Hbond substituents is 1. The van der Waals surface area contributed by atoms with E-state index in [0.29, 0.717) is 5.75 Å². The van der Waals surface area contributed by atoms with Crippen LogP contribution < -0.4 is 0 Å². The van der Waals surface area contributed by atoms with Gasteiger partial charge in [0.15, 0.2) is 0 Å². The Morgan fingerprint density at radius 3 is 1.67 bits per heavy atom. The third kappa shape index (κ3) is 5.03. The maximum atomic E-state index is 10.7. The molecule has 0 saturated carbocycles. The molecule has 0 bridgehead atoms. The molecule has 120 valence electrons. The van der Waals surface area contributed by atoms with Crippen LogP contribution in [-0.2, 0) is 17.3 Å². The van der Waals surface area contributed by atoms with Crippen LogP contribution in [0.3, 0.4) is 0 Å². The number of benzene rings is 1. The van der Waals surface area contributed by atoms with Crippen molar-refractivity contribution in [2.45, 2.75) is 65.2 Å². The molecule has 0 atom stereocenters. The fraction of sp³-hybridized carbons (Fsp3) is 0.684. The van der Waals surface area contributed by atoms with Gasteiger partial charge >= 0.3 is 0 Å². The molecule has 1 rings (SSSR count). The Kier molecular flexibility index (Phi) is 5.49. The fourth-order valence-electron chi connectivity index (χ4n) is 2.58. The molecular weight excluding hydrogens is 258 g/mol. The first-order valence-corrected chi connectivity index (χ1v) is 7.94. The third-order valence-corrected chi connectivity index (χ3v) is 3.86. The number of hydrogen-bond donors (Lipinski definition) is 1. The number of nitrogens with zero attached hydrogens (tertiary/aromatic N) is 1. The lowest BCUT2D eigenvalue weighted by molar-refractivity contribution is 0.399. The third-order valence-electron chi connectivity index (χ3n) is 3.86. The summed E-state index contributed by atoms with van der Waals surface area (Å²) in [7, 11) is 4.22. The van der Waals surface area contributed by atoms with Gasteiger partial charge in [-0.2, -0.15) is 0 Å². The van der Waals surface area contributed by atoms with Crippen molar-refractivity contribution in [1.29, 1.82) is 0 Å². The predicted molar refractivity (Wildman–Crippen MR) is 92.4 cm³/mol. The fourth-order valence-corrected chi connectivity index (χ4v) is 2.58. The van der Waals surface area contributed by atoms with Crippen molar-refractivity contribution < 1.29 is 5.11 Å². The van der Waals surface area contributed by atoms with Crippen LogP contribution in [0.2, 0.25) is 0 Å². The number of aromatic hydroxyl groups is 1. The maximum absolute atomic E-state index is 10.7. The number of rotatable bonds is 4. The molecule has 0 spiro atoms. The average molecular weight is 291 g/mol. The first-order chi connectivity index (χ1) is 9.43. The average Bonchev–Trinajstić information content (AvgIpc) is 2.27. The van der Waals surface area contributed by atoms with Crippen LogP contribution in [0, 0.1) is 0 Å². The number of aryl methyl sites for hydroxylation is 1. The van der Waals surface area contributed by atoms with Crippen molar-refractivity contribution in [3.63, 3.8) is 0 Å². The summed E-state index contributed by atoms with van der Waals surface area (Å²) in [6.07, 6.45) is 2.20. The van der Waals surface area contributed by atoms with Gasteiger partial charge in [0.05, 0.1) is 0 Å². The van der Waals surface area contributed by atoms with Crippen molar-refractivity contribution in [1.82, 2.24) is 4.90 Å². The Balaban J connectivity index is 3.21. The van der Waals surface area contributed by atoms with Gasteiger partial charge in [-0.15, -0.1) is 0 Å². The van der Waals surface area contributed by atoms with Gasteiger partial charge in [0.25, 0.3) is 0 Å². The second-order valence-electron chi connectivity index (χ2n) is 8.45. The maximum Gasteiger partial charge on any atom is 0.123 e. The first-order valence-electron chi connectivity index (χ1n) is 7.94. The summed E-state index contributed by atoms with van der Waals surface area (Å²) in [4.78, 5) is 2.22. The summed E-state index contributed by atoms with van der Waals surface area (Å²) in [5.74, 6) is 0.478. The van der Waals surface area contributed by atoms with Gasteiger partial charge in [-0.25, -0.2) is 0 Å². The van der Waals surface area contributed by atoms with Gasteiger partial charge in [-0.05, 0) is 61.0 Å². The molecule has 1 N–H and O–H groups in total. The molecule has 2 nitrogen and oxygen atoms in total. The zero-order valence-corrected chi connectivity index (χ0v) is 15.2. The van der Waals surface area contributed by atoms with E-state index in [0.717, 1.165) is 30.5 Å². The van der Waals surface area contributed by atoms with E-state index in [2.05, 4.69) is 72.7 Å². The van der Waals surface area contributed by atoms with Crippen molar-refractivity contribution in [3.8, 4) is 5.75 Å². The molecule has 0 aliphatic carbocycles. The molecule has 21 heavy (non-hydrogen) atoms. The Hall–Kier alpha value is -1.02. The molecule has 0 heterocycles. The van der Waals surface area contributed by atoms with Gasteiger partial charge in [0.1, 0.15) is 5.75 Å². The van der Waals surface area contributed by atoms with Crippen LogP contribution in [0.15, 0.2) is 12.1 Å². The van der Waals surface area contributed by atoms with E-state index in [-0.39, 0.29) is 10.8 Å². The van der Waals surface area contributed by atoms with Crippen LogP contribution in [0.1, 0.15) is 64.7 Å². The molecule has 0 aromatic heterocycles. The molecule has 2 heteroatoms. The van der Waals surface area contributed by atoms with Crippen LogP contribution >= 0.6 is 0 Å². The quantitative estimate of drug-likeness (QED) is 0.884. The Morgan fingerprint density at radius 1 is 0.905 bits per heavy atom. The molecule has 0 aliphatic heterocycles. The van der Waals surface area contributed by atoms with E-state index in [9.17, 15) is 5.11 Å². The minimum atomic E-state index is -0.0400. The summed E-state index contributed by atoms with van der Waals surface area (Å²) >= 11 is 0. The van der Waals surface area contributed by atoms with Crippen molar-refractivity contribution in [2.75, 3.05) is 20.6 Å². The molecular formula is C19H33NO. The molecule has 1 aromatic rings. The van der Waals surface area contributed by atoms with Crippen LogP contribution in [0.5, 0.6) is 5.75 Å². The SMILES string of the molecule is CN(C)CCCc1cc(C(C)(C)C)c(O)c(C(C)(C)C)c1. The Bertz CT molecular complexity index is 440. The minimum Gasteiger partial charge on any atom is -0.507 e.